The zero-order valence-corrected chi connectivity index (χ0v) is 12.7. The molecule has 2 heterocycles. The molecule has 0 spiro atoms. The van der Waals surface area contributed by atoms with E-state index in [1.807, 2.05) is 0 Å². The van der Waals surface area contributed by atoms with Crippen molar-refractivity contribution >= 4 is 0 Å². The Morgan fingerprint density at radius 1 is 0.750 bits per heavy atom. The highest BCUT2D eigenvalue weighted by Gasteiger charge is 2.56. The minimum absolute atomic E-state index is 0.496. The lowest BCUT2D eigenvalue weighted by Crippen LogP contribution is -2.60. The van der Waals surface area contributed by atoms with Crippen LogP contribution >= 0.6 is 0 Å². The first kappa shape index (κ1) is 19.9. The summed E-state index contributed by atoms with van der Waals surface area (Å²) in [4.78, 5) is 0. The first-order valence-corrected chi connectivity index (χ1v) is 7.51. The lowest BCUT2D eigenvalue weighted by Gasteiger charge is -2.41. The average Bonchev–Trinajstić information content (AvgIpc) is 2.84. The summed E-state index contributed by atoms with van der Waals surface area (Å²) >= 11 is 0. The maximum Gasteiger partial charge on any atom is 0.221 e. The first-order chi connectivity index (χ1) is 11.3. The summed E-state index contributed by atoms with van der Waals surface area (Å²) < 4.78 is 15.7. The Morgan fingerprint density at radius 2 is 1.33 bits per heavy atom. The normalized spacial score (nSPS) is 49.5. The van der Waals surface area contributed by atoms with E-state index in [2.05, 4.69) is 0 Å². The largest absolute Gasteiger partial charge is 0.394 e. The molecule has 2 saturated heterocycles. The van der Waals surface area contributed by atoms with Crippen LogP contribution in [0.5, 0.6) is 0 Å². The highest BCUT2D eigenvalue weighted by molar-refractivity contribution is 4.97. The van der Waals surface area contributed by atoms with Crippen LogP contribution in [0.1, 0.15) is 0 Å². The third-order valence-electron chi connectivity index (χ3n) is 4.39. The number of hydrogen-bond acceptors (Lipinski definition) is 11. The van der Waals surface area contributed by atoms with Gasteiger partial charge in [-0.2, -0.15) is 0 Å². The van der Waals surface area contributed by atoms with Gasteiger partial charge < -0.3 is 55.1 Å². The van der Waals surface area contributed by atoms with Gasteiger partial charge in [0.1, 0.15) is 55.4 Å². The topological polar surface area (TPSA) is 190 Å². The second kappa shape index (κ2) is 7.85. The summed E-state index contributed by atoms with van der Waals surface area (Å²) in [7, 11) is 0. The molecule has 2 rings (SSSR count). The summed E-state index contributed by atoms with van der Waals surface area (Å²) in [6, 6.07) is 0. The van der Waals surface area contributed by atoms with Gasteiger partial charge in [0.2, 0.25) is 5.79 Å². The molecule has 0 aromatic carbocycles. The van der Waals surface area contributed by atoms with Crippen LogP contribution < -0.4 is 0 Å². The predicted octanol–water partition coefficient (Wildman–Crippen LogP) is -5.35. The van der Waals surface area contributed by atoms with Crippen LogP contribution in [0, 0.1) is 0 Å². The second-order valence-corrected chi connectivity index (χ2v) is 5.92. The molecule has 0 amide bonds. The zero-order chi connectivity index (χ0) is 18.1. The van der Waals surface area contributed by atoms with Crippen molar-refractivity contribution in [1.29, 1.82) is 0 Å². The van der Waals surface area contributed by atoms with Crippen molar-refractivity contribution in [3.8, 4) is 0 Å². The molecule has 0 bridgehead atoms. The maximum atomic E-state index is 9.99. The Morgan fingerprint density at radius 3 is 1.83 bits per heavy atom. The molecule has 11 heteroatoms. The van der Waals surface area contributed by atoms with E-state index in [1.54, 1.807) is 0 Å². The van der Waals surface area contributed by atoms with Gasteiger partial charge in [0.05, 0.1) is 19.8 Å². The van der Waals surface area contributed by atoms with Crippen molar-refractivity contribution in [1.82, 2.24) is 0 Å². The van der Waals surface area contributed by atoms with Gasteiger partial charge in [-0.1, -0.05) is 0 Å². The number of hydrogen-bond donors (Lipinski definition) is 8. The molecule has 0 aliphatic carbocycles. The van der Waals surface area contributed by atoms with Crippen LogP contribution in [0.2, 0.25) is 0 Å². The van der Waals surface area contributed by atoms with Crippen LogP contribution in [0.3, 0.4) is 0 Å². The minimum Gasteiger partial charge on any atom is -0.394 e. The molecule has 142 valence electrons. The fourth-order valence-electron chi connectivity index (χ4n) is 2.84. The molecule has 2 fully saturated rings. The van der Waals surface area contributed by atoms with Gasteiger partial charge in [-0.05, 0) is 0 Å². The Balaban J connectivity index is 2.05. The summed E-state index contributed by atoms with van der Waals surface area (Å²) in [6.45, 7) is -2.59. The number of rotatable bonds is 6. The van der Waals surface area contributed by atoms with Crippen molar-refractivity contribution in [2.75, 3.05) is 26.4 Å². The van der Waals surface area contributed by atoms with E-state index in [1.165, 1.54) is 0 Å². The molecule has 0 aromatic rings. The zero-order valence-electron chi connectivity index (χ0n) is 12.7. The van der Waals surface area contributed by atoms with Crippen molar-refractivity contribution in [2.45, 2.75) is 54.6 Å². The molecule has 2 aliphatic rings. The quantitative estimate of drug-likeness (QED) is 0.227. The van der Waals surface area contributed by atoms with E-state index >= 15 is 0 Å². The van der Waals surface area contributed by atoms with E-state index in [0.29, 0.717) is 0 Å². The lowest BCUT2D eigenvalue weighted by atomic mass is 9.95. The fraction of sp³-hybridized carbons (Fsp3) is 1.00. The smallest absolute Gasteiger partial charge is 0.221 e. The van der Waals surface area contributed by atoms with Gasteiger partial charge >= 0.3 is 0 Å². The van der Waals surface area contributed by atoms with E-state index in [-0.39, 0.29) is 0 Å². The summed E-state index contributed by atoms with van der Waals surface area (Å²) in [5, 5.41) is 76.7. The molecule has 3 unspecified atom stereocenters. The van der Waals surface area contributed by atoms with Gasteiger partial charge in [-0.3, -0.25) is 0 Å². The molecule has 11 nitrogen and oxygen atoms in total. The number of aliphatic hydroxyl groups excluding tert-OH is 8. The third kappa shape index (κ3) is 3.43. The Bertz CT molecular complexity index is 407. The molecule has 0 aromatic heterocycles. The maximum absolute atomic E-state index is 9.99. The van der Waals surface area contributed by atoms with Crippen molar-refractivity contribution < 1.29 is 55.1 Å². The molecule has 0 radical (unpaired) electrons. The van der Waals surface area contributed by atoms with Gasteiger partial charge in [-0.15, -0.1) is 0 Å². The molecular formula is C13H24O11. The number of aliphatic hydroxyl groups is 8. The fourth-order valence-corrected chi connectivity index (χ4v) is 2.84. The number of ether oxygens (including phenoxy) is 3. The Kier molecular flexibility index (Phi) is 6.50. The van der Waals surface area contributed by atoms with Gasteiger partial charge in [0.15, 0.2) is 0 Å². The standard InChI is InChI=1S/C13H24O11/c14-1-5-8(17)11(20)9(18)7(23-5)3-22-13(4-16)12(21)10(19)6(2-15)24-13/h5-12,14-21H,1-4H2/t5?,6?,7-,8-,9?,10+,11-,12-,13-/m1/s1. The van der Waals surface area contributed by atoms with Crippen LogP contribution in [-0.2, 0) is 14.2 Å². The van der Waals surface area contributed by atoms with E-state index in [9.17, 15) is 30.6 Å². The monoisotopic (exact) mass is 356 g/mol. The Hall–Kier alpha value is -0.440. The Labute approximate surface area is 137 Å². The van der Waals surface area contributed by atoms with Crippen molar-refractivity contribution in [3.63, 3.8) is 0 Å². The molecule has 2 aliphatic heterocycles. The van der Waals surface area contributed by atoms with E-state index in [0.717, 1.165) is 0 Å². The van der Waals surface area contributed by atoms with Crippen molar-refractivity contribution in [2.24, 2.45) is 0 Å². The summed E-state index contributed by atoms with van der Waals surface area (Å²) in [5.41, 5.74) is 0. The van der Waals surface area contributed by atoms with E-state index in [4.69, 9.17) is 24.4 Å². The van der Waals surface area contributed by atoms with E-state index < -0.39 is 81.0 Å². The summed E-state index contributed by atoms with van der Waals surface area (Å²) in [5.74, 6) is -2.05. The lowest BCUT2D eigenvalue weighted by molar-refractivity contribution is -0.303. The second-order valence-electron chi connectivity index (χ2n) is 5.92. The van der Waals surface area contributed by atoms with Gasteiger partial charge in [-0.25, -0.2) is 0 Å². The highest BCUT2D eigenvalue weighted by atomic mass is 16.7. The van der Waals surface area contributed by atoms with Gasteiger partial charge in [0, 0.05) is 0 Å². The molecular weight excluding hydrogens is 332 g/mol. The molecule has 24 heavy (non-hydrogen) atoms. The first-order valence-electron chi connectivity index (χ1n) is 7.51. The van der Waals surface area contributed by atoms with Crippen LogP contribution in [0.25, 0.3) is 0 Å². The molecule has 9 atom stereocenters. The van der Waals surface area contributed by atoms with Crippen molar-refractivity contribution in [3.05, 3.63) is 0 Å². The average molecular weight is 356 g/mol. The summed E-state index contributed by atoms with van der Waals surface area (Å²) in [6.07, 6.45) is -11.4. The van der Waals surface area contributed by atoms with Crippen LogP contribution in [0.4, 0.5) is 0 Å². The molecule has 0 saturated carbocycles. The minimum atomic E-state index is -2.05. The highest BCUT2D eigenvalue weighted by Crippen LogP contribution is 2.33. The van der Waals surface area contributed by atoms with Crippen LogP contribution in [-0.4, -0.2) is 122 Å². The van der Waals surface area contributed by atoms with Crippen LogP contribution in [0.15, 0.2) is 0 Å². The molecule has 8 N–H and O–H groups in total. The SMILES string of the molecule is OCC1O[C@H](CO[C@]2(CO)OC(CO)[C@H](O)[C@H]2O)C(O)[C@H](O)[C@@H]1O. The van der Waals surface area contributed by atoms with Gasteiger partial charge in [0.25, 0.3) is 0 Å². The third-order valence-corrected chi connectivity index (χ3v) is 4.39. The predicted molar refractivity (Wildman–Crippen MR) is 73.5 cm³/mol.